The molecule has 0 aliphatic carbocycles. The van der Waals surface area contributed by atoms with Crippen LogP contribution in [0.1, 0.15) is 42.6 Å². The van der Waals surface area contributed by atoms with Crippen LogP contribution in [0, 0.1) is 3.57 Å². The Morgan fingerprint density at radius 1 is 1.05 bits per heavy atom. The van der Waals surface area contributed by atoms with Crippen molar-refractivity contribution in [1.29, 1.82) is 0 Å². The Labute approximate surface area is 128 Å². The lowest BCUT2D eigenvalue weighted by atomic mass is 9.99. The van der Waals surface area contributed by atoms with Crippen molar-refractivity contribution in [3.05, 3.63) is 68.8 Å². The van der Waals surface area contributed by atoms with Gasteiger partial charge in [-0.3, -0.25) is 0 Å². The molecule has 2 aromatic carbocycles. The lowest BCUT2D eigenvalue weighted by molar-refractivity contribution is 0.220. The molecule has 0 amide bonds. The zero-order chi connectivity index (χ0) is 13.7. The zero-order valence-corrected chi connectivity index (χ0v) is 13.3. The van der Waals surface area contributed by atoms with E-state index in [1.807, 2.05) is 36.4 Å². The first kappa shape index (κ1) is 14.5. The maximum Gasteiger partial charge on any atom is 0.104 e. The standard InChI is InChI=1S/C17H19IO/c1-2-3-5-13-8-10-14(11-9-13)17(19)15-6-4-7-16(18)12-15/h4,6-12,17,19H,2-3,5H2,1H3. The van der Waals surface area contributed by atoms with Gasteiger partial charge in [-0.25, -0.2) is 0 Å². The SMILES string of the molecule is CCCCc1ccc(C(O)c2cccc(I)c2)cc1. The van der Waals surface area contributed by atoms with E-state index in [1.54, 1.807) is 0 Å². The second kappa shape index (κ2) is 7.06. The van der Waals surface area contributed by atoms with Crippen LogP contribution in [-0.4, -0.2) is 5.11 Å². The largest absolute Gasteiger partial charge is 0.384 e. The van der Waals surface area contributed by atoms with Gasteiger partial charge in [-0.05, 0) is 64.3 Å². The highest BCUT2D eigenvalue weighted by Crippen LogP contribution is 2.23. The molecule has 1 nitrogen and oxygen atoms in total. The van der Waals surface area contributed by atoms with Crippen molar-refractivity contribution in [2.75, 3.05) is 0 Å². The van der Waals surface area contributed by atoms with Crippen LogP contribution >= 0.6 is 22.6 Å². The van der Waals surface area contributed by atoms with Crippen molar-refractivity contribution in [2.24, 2.45) is 0 Å². The van der Waals surface area contributed by atoms with Gasteiger partial charge in [0, 0.05) is 3.57 Å². The van der Waals surface area contributed by atoms with E-state index in [2.05, 4.69) is 41.6 Å². The molecule has 2 aromatic rings. The smallest absolute Gasteiger partial charge is 0.104 e. The van der Waals surface area contributed by atoms with Crippen molar-refractivity contribution in [2.45, 2.75) is 32.3 Å². The van der Waals surface area contributed by atoms with Crippen molar-refractivity contribution in [1.82, 2.24) is 0 Å². The minimum atomic E-state index is -0.532. The van der Waals surface area contributed by atoms with Crippen molar-refractivity contribution in [3.63, 3.8) is 0 Å². The first-order valence-corrected chi connectivity index (χ1v) is 7.81. The summed E-state index contributed by atoms with van der Waals surface area (Å²) in [6, 6.07) is 16.3. The summed E-state index contributed by atoms with van der Waals surface area (Å²) in [5.41, 5.74) is 3.26. The Hall–Kier alpha value is -0.870. The number of aliphatic hydroxyl groups is 1. The summed E-state index contributed by atoms with van der Waals surface area (Å²) in [5.74, 6) is 0. The molecule has 1 unspecified atom stereocenters. The number of halogens is 1. The normalized spacial score (nSPS) is 12.4. The van der Waals surface area contributed by atoms with Crippen molar-refractivity contribution in [3.8, 4) is 0 Å². The topological polar surface area (TPSA) is 20.2 Å². The molecule has 0 spiro atoms. The number of hydrogen-bond donors (Lipinski definition) is 1. The first-order valence-electron chi connectivity index (χ1n) is 6.73. The average molecular weight is 366 g/mol. The Morgan fingerprint density at radius 3 is 2.42 bits per heavy atom. The number of benzene rings is 2. The van der Waals surface area contributed by atoms with Crippen LogP contribution in [0.3, 0.4) is 0 Å². The minimum Gasteiger partial charge on any atom is -0.384 e. The fourth-order valence-electron chi connectivity index (χ4n) is 2.12. The molecule has 0 fully saturated rings. The van der Waals surface area contributed by atoms with Crippen molar-refractivity contribution < 1.29 is 5.11 Å². The van der Waals surface area contributed by atoms with E-state index in [0.29, 0.717) is 0 Å². The highest BCUT2D eigenvalue weighted by molar-refractivity contribution is 14.1. The molecule has 0 heterocycles. The van der Waals surface area contributed by atoms with Crippen LogP contribution in [-0.2, 0) is 6.42 Å². The summed E-state index contributed by atoms with van der Waals surface area (Å²) in [6.45, 7) is 2.20. The monoisotopic (exact) mass is 366 g/mol. The van der Waals surface area contributed by atoms with E-state index in [9.17, 15) is 5.11 Å². The van der Waals surface area contributed by atoms with Gasteiger partial charge < -0.3 is 5.11 Å². The predicted molar refractivity (Wildman–Crippen MR) is 88.3 cm³/mol. The van der Waals surface area contributed by atoms with E-state index in [-0.39, 0.29) is 0 Å². The van der Waals surface area contributed by atoms with Gasteiger partial charge in [0.05, 0.1) is 0 Å². The Balaban J connectivity index is 2.13. The maximum atomic E-state index is 10.4. The second-order valence-corrected chi connectivity index (χ2v) is 6.05. The second-order valence-electron chi connectivity index (χ2n) is 4.80. The summed E-state index contributed by atoms with van der Waals surface area (Å²) >= 11 is 2.27. The molecule has 0 aliphatic rings. The Kier molecular flexibility index (Phi) is 5.40. The number of aryl methyl sites for hydroxylation is 1. The number of hydrogen-bond acceptors (Lipinski definition) is 1. The van der Waals surface area contributed by atoms with E-state index in [4.69, 9.17) is 0 Å². The average Bonchev–Trinajstić information content (AvgIpc) is 2.45. The summed E-state index contributed by atoms with van der Waals surface area (Å²) in [5, 5.41) is 10.4. The van der Waals surface area contributed by atoms with Crippen molar-refractivity contribution >= 4 is 22.6 Å². The Morgan fingerprint density at radius 2 is 1.79 bits per heavy atom. The van der Waals surface area contributed by atoms with E-state index >= 15 is 0 Å². The first-order chi connectivity index (χ1) is 9.20. The molecule has 1 atom stereocenters. The van der Waals surface area contributed by atoms with Gasteiger partial charge in [0.2, 0.25) is 0 Å². The molecule has 2 heteroatoms. The van der Waals surface area contributed by atoms with Gasteiger partial charge in [0.1, 0.15) is 6.10 Å². The molecule has 0 aliphatic heterocycles. The zero-order valence-electron chi connectivity index (χ0n) is 11.1. The number of aliphatic hydroxyl groups excluding tert-OH is 1. The summed E-state index contributed by atoms with van der Waals surface area (Å²) in [7, 11) is 0. The summed E-state index contributed by atoms with van der Waals surface area (Å²) in [6.07, 6.45) is 3.02. The third-order valence-electron chi connectivity index (χ3n) is 3.28. The molecular weight excluding hydrogens is 347 g/mol. The van der Waals surface area contributed by atoms with Crippen LogP contribution in [0.4, 0.5) is 0 Å². The van der Waals surface area contributed by atoms with Gasteiger partial charge >= 0.3 is 0 Å². The van der Waals surface area contributed by atoms with Crippen LogP contribution in [0.15, 0.2) is 48.5 Å². The molecule has 0 radical (unpaired) electrons. The molecular formula is C17H19IO. The minimum absolute atomic E-state index is 0.532. The molecule has 0 bridgehead atoms. The summed E-state index contributed by atoms with van der Waals surface area (Å²) < 4.78 is 1.15. The molecule has 100 valence electrons. The van der Waals surface area contributed by atoms with E-state index < -0.39 is 6.10 Å². The lowest BCUT2D eigenvalue weighted by Crippen LogP contribution is -2.00. The highest BCUT2D eigenvalue weighted by Gasteiger charge is 2.10. The quantitative estimate of drug-likeness (QED) is 0.760. The fraction of sp³-hybridized carbons (Fsp3) is 0.294. The molecule has 0 aromatic heterocycles. The molecule has 19 heavy (non-hydrogen) atoms. The van der Waals surface area contributed by atoms with Gasteiger partial charge in [-0.15, -0.1) is 0 Å². The van der Waals surface area contributed by atoms with Crippen LogP contribution in [0.25, 0.3) is 0 Å². The van der Waals surface area contributed by atoms with E-state index in [0.717, 1.165) is 21.1 Å². The van der Waals surface area contributed by atoms with Gasteiger partial charge in [-0.2, -0.15) is 0 Å². The Bertz CT molecular complexity index is 519. The molecule has 2 rings (SSSR count). The van der Waals surface area contributed by atoms with Gasteiger partial charge in [0.25, 0.3) is 0 Å². The molecule has 0 saturated carbocycles. The van der Waals surface area contributed by atoms with Gasteiger partial charge in [-0.1, -0.05) is 49.7 Å². The maximum absolute atomic E-state index is 10.4. The fourth-order valence-corrected chi connectivity index (χ4v) is 2.68. The lowest BCUT2D eigenvalue weighted by Gasteiger charge is -2.12. The highest BCUT2D eigenvalue weighted by atomic mass is 127. The number of rotatable bonds is 5. The predicted octanol–water partition coefficient (Wildman–Crippen LogP) is 4.72. The van der Waals surface area contributed by atoms with Crippen LogP contribution in [0.5, 0.6) is 0 Å². The van der Waals surface area contributed by atoms with Gasteiger partial charge in [0.15, 0.2) is 0 Å². The molecule has 0 saturated heterocycles. The third kappa shape index (κ3) is 4.05. The van der Waals surface area contributed by atoms with Crippen LogP contribution < -0.4 is 0 Å². The number of unbranched alkanes of at least 4 members (excludes halogenated alkanes) is 1. The van der Waals surface area contributed by atoms with E-state index in [1.165, 1.54) is 18.4 Å². The molecule has 1 N–H and O–H groups in total. The third-order valence-corrected chi connectivity index (χ3v) is 3.95. The van der Waals surface area contributed by atoms with Crippen LogP contribution in [0.2, 0.25) is 0 Å². The summed E-state index contributed by atoms with van der Waals surface area (Å²) in [4.78, 5) is 0.